The molecule has 2 aliphatic heterocycles. The Morgan fingerprint density at radius 3 is 2.38 bits per heavy atom. The van der Waals surface area contributed by atoms with Gasteiger partial charge in [0.25, 0.3) is 0 Å². The SMILES string of the molecule is CC.CN1CCCC2(CCCO2)C1. The fourth-order valence-corrected chi connectivity index (χ4v) is 2.40. The highest BCUT2D eigenvalue weighted by Crippen LogP contribution is 2.33. The van der Waals surface area contributed by atoms with Gasteiger partial charge in [-0.05, 0) is 39.3 Å². The van der Waals surface area contributed by atoms with Gasteiger partial charge < -0.3 is 9.64 Å². The molecule has 2 fully saturated rings. The number of rotatable bonds is 0. The van der Waals surface area contributed by atoms with Crippen molar-refractivity contribution in [2.75, 3.05) is 26.7 Å². The minimum absolute atomic E-state index is 0.271. The zero-order chi connectivity index (χ0) is 9.73. The van der Waals surface area contributed by atoms with Crippen LogP contribution in [-0.4, -0.2) is 37.2 Å². The van der Waals surface area contributed by atoms with Crippen LogP contribution in [0.15, 0.2) is 0 Å². The molecule has 2 saturated heterocycles. The summed E-state index contributed by atoms with van der Waals surface area (Å²) in [6.07, 6.45) is 5.17. The van der Waals surface area contributed by atoms with Gasteiger partial charge in [-0.15, -0.1) is 0 Å². The van der Waals surface area contributed by atoms with E-state index in [-0.39, 0.29) is 5.60 Å². The number of hydrogen-bond acceptors (Lipinski definition) is 2. The molecule has 0 aromatic rings. The highest BCUT2D eigenvalue weighted by atomic mass is 16.5. The second-order valence-corrected chi connectivity index (χ2v) is 3.98. The second kappa shape index (κ2) is 4.97. The monoisotopic (exact) mass is 185 g/mol. The standard InChI is InChI=1S/C9H17NO.C2H6/c1-10-6-2-4-9(8-10)5-3-7-11-9;1-2/h2-8H2,1H3;1-2H3. The number of ether oxygens (including phenoxy) is 1. The molecule has 0 aliphatic carbocycles. The molecule has 0 aromatic carbocycles. The zero-order valence-corrected chi connectivity index (χ0v) is 9.31. The van der Waals surface area contributed by atoms with Crippen molar-refractivity contribution in [1.29, 1.82) is 0 Å². The summed E-state index contributed by atoms with van der Waals surface area (Å²) in [7, 11) is 2.20. The Morgan fingerprint density at radius 2 is 1.85 bits per heavy atom. The van der Waals surface area contributed by atoms with Gasteiger partial charge in [-0.3, -0.25) is 0 Å². The van der Waals surface area contributed by atoms with E-state index in [9.17, 15) is 0 Å². The Kier molecular flexibility index (Phi) is 4.20. The Morgan fingerprint density at radius 1 is 1.15 bits per heavy atom. The summed E-state index contributed by atoms with van der Waals surface area (Å²) in [5.74, 6) is 0. The largest absolute Gasteiger partial charge is 0.374 e. The summed E-state index contributed by atoms with van der Waals surface area (Å²) >= 11 is 0. The van der Waals surface area contributed by atoms with Crippen LogP contribution in [-0.2, 0) is 4.74 Å². The van der Waals surface area contributed by atoms with E-state index >= 15 is 0 Å². The summed E-state index contributed by atoms with van der Waals surface area (Å²) in [5.41, 5.74) is 0.271. The number of nitrogens with zero attached hydrogens (tertiary/aromatic N) is 1. The number of likely N-dealkylation sites (tertiary alicyclic amines) is 1. The molecule has 1 unspecified atom stereocenters. The van der Waals surface area contributed by atoms with Crippen molar-refractivity contribution in [2.24, 2.45) is 0 Å². The predicted molar refractivity (Wildman–Crippen MR) is 56.0 cm³/mol. The molecule has 0 N–H and O–H groups in total. The van der Waals surface area contributed by atoms with Crippen molar-refractivity contribution >= 4 is 0 Å². The van der Waals surface area contributed by atoms with Crippen LogP contribution in [0.5, 0.6) is 0 Å². The molecule has 1 spiro atoms. The Bertz CT molecular complexity index is 141. The van der Waals surface area contributed by atoms with E-state index < -0.39 is 0 Å². The molecule has 13 heavy (non-hydrogen) atoms. The average Bonchev–Trinajstić information content (AvgIpc) is 2.56. The summed E-state index contributed by atoms with van der Waals surface area (Å²) in [4.78, 5) is 2.40. The maximum atomic E-state index is 5.81. The van der Waals surface area contributed by atoms with Gasteiger partial charge in [-0.2, -0.15) is 0 Å². The Labute approximate surface area is 82.3 Å². The molecule has 2 heteroatoms. The van der Waals surface area contributed by atoms with E-state index in [4.69, 9.17) is 4.74 Å². The maximum Gasteiger partial charge on any atom is 0.0810 e. The molecule has 2 heterocycles. The van der Waals surface area contributed by atoms with E-state index in [0.29, 0.717) is 0 Å². The quantitative estimate of drug-likeness (QED) is 0.574. The Hall–Kier alpha value is -0.0800. The average molecular weight is 185 g/mol. The second-order valence-electron chi connectivity index (χ2n) is 3.98. The van der Waals surface area contributed by atoms with Gasteiger partial charge in [0.2, 0.25) is 0 Å². The van der Waals surface area contributed by atoms with Crippen LogP contribution >= 0.6 is 0 Å². The molecule has 0 bridgehead atoms. The van der Waals surface area contributed by atoms with Crippen LogP contribution in [0, 0.1) is 0 Å². The Balaban J connectivity index is 0.000000396. The normalized spacial score (nSPS) is 34.4. The third-order valence-electron chi connectivity index (χ3n) is 2.92. The van der Waals surface area contributed by atoms with Gasteiger partial charge in [0, 0.05) is 13.2 Å². The lowest BCUT2D eigenvalue weighted by Crippen LogP contribution is -2.45. The molecule has 1 atom stereocenters. The van der Waals surface area contributed by atoms with Gasteiger partial charge in [-0.25, -0.2) is 0 Å². The molecular formula is C11H23NO. The lowest BCUT2D eigenvalue weighted by atomic mass is 9.90. The van der Waals surface area contributed by atoms with Crippen molar-refractivity contribution in [3.8, 4) is 0 Å². The predicted octanol–water partition coefficient (Wildman–Crippen LogP) is 2.29. The number of piperidine rings is 1. The van der Waals surface area contributed by atoms with Crippen LogP contribution < -0.4 is 0 Å². The van der Waals surface area contributed by atoms with E-state index in [0.717, 1.165) is 13.2 Å². The molecule has 0 saturated carbocycles. The summed E-state index contributed by atoms with van der Waals surface area (Å²) in [5, 5.41) is 0. The van der Waals surface area contributed by atoms with Crippen LogP contribution in [0.25, 0.3) is 0 Å². The highest BCUT2D eigenvalue weighted by Gasteiger charge is 2.37. The molecule has 78 valence electrons. The van der Waals surface area contributed by atoms with Gasteiger partial charge in [0.05, 0.1) is 5.60 Å². The number of likely N-dealkylation sites (N-methyl/N-ethyl adjacent to an activating group) is 1. The third-order valence-corrected chi connectivity index (χ3v) is 2.92. The first kappa shape index (κ1) is 11.0. The van der Waals surface area contributed by atoms with E-state index in [1.807, 2.05) is 13.8 Å². The van der Waals surface area contributed by atoms with Crippen LogP contribution in [0.2, 0.25) is 0 Å². The first-order chi connectivity index (χ1) is 6.31. The van der Waals surface area contributed by atoms with Gasteiger partial charge >= 0.3 is 0 Å². The topological polar surface area (TPSA) is 12.5 Å². The van der Waals surface area contributed by atoms with Crippen molar-refractivity contribution in [1.82, 2.24) is 4.90 Å². The summed E-state index contributed by atoms with van der Waals surface area (Å²) < 4.78 is 5.81. The van der Waals surface area contributed by atoms with Gasteiger partial charge in [0.15, 0.2) is 0 Å². The van der Waals surface area contributed by atoms with Crippen molar-refractivity contribution in [3.05, 3.63) is 0 Å². The molecule has 0 amide bonds. The zero-order valence-electron chi connectivity index (χ0n) is 9.31. The fraction of sp³-hybridized carbons (Fsp3) is 1.00. The maximum absolute atomic E-state index is 5.81. The smallest absolute Gasteiger partial charge is 0.0810 e. The van der Waals surface area contributed by atoms with E-state index in [2.05, 4.69) is 11.9 Å². The van der Waals surface area contributed by atoms with Crippen LogP contribution in [0.4, 0.5) is 0 Å². The molecular weight excluding hydrogens is 162 g/mol. The van der Waals surface area contributed by atoms with E-state index in [1.165, 1.54) is 32.2 Å². The van der Waals surface area contributed by atoms with Crippen LogP contribution in [0.3, 0.4) is 0 Å². The van der Waals surface area contributed by atoms with Crippen molar-refractivity contribution in [3.63, 3.8) is 0 Å². The molecule has 2 aliphatic rings. The van der Waals surface area contributed by atoms with Gasteiger partial charge in [0.1, 0.15) is 0 Å². The van der Waals surface area contributed by atoms with Crippen molar-refractivity contribution < 1.29 is 4.74 Å². The third kappa shape index (κ3) is 2.68. The van der Waals surface area contributed by atoms with E-state index in [1.54, 1.807) is 0 Å². The summed E-state index contributed by atoms with van der Waals surface area (Å²) in [6.45, 7) is 7.41. The molecule has 0 radical (unpaired) electrons. The first-order valence-corrected chi connectivity index (χ1v) is 5.63. The molecule has 2 nitrogen and oxygen atoms in total. The lowest BCUT2D eigenvalue weighted by molar-refractivity contribution is -0.0450. The molecule has 2 rings (SSSR count). The fourth-order valence-electron chi connectivity index (χ4n) is 2.40. The molecule has 0 aromatic heterocycles. The minimum Gasteiger partial charge on any atom is -0.374 e. The highest BCUT2D eigenvalue weighted by molar-refractivity contribution is 4.90. The van der Waals surface area contributed by atoms with Crippen LogP contribution in [0.1, 0.15) is 39.5 Å². The summed E-state index contributed by atoms with van der Waals surface area (Å²) in [6, 6.07) is 0. The number of hydrogen-bond donors (Lipinski definition) is 0. The lowest BCUT2D eigenvalue weighted by Gasteiger charge is -2.37. The first-order valence-electron chi connectivity index (χ1n) is 5.63. The minimum atomic E-state index is 0.271. The van der Waals surface area contributed by atoms with Gasteiger partial charge in [-0.1, -0.05) is 13.8 Å². The van der Waals surface area contributed by atoms with Crippen molar-refractivity contribution in [2.45, 2.75) is 45.1 Å².